The van der Waals surface area contributed by atoms with E-state index in [0.29, 0.717) is 23.5 Å². The van der Waals surface area contributed by atoms with Crippen molar-refractivity contribution in [1.29, 1.82) is 0 Å². The van der Waals surface area contributed by atoms with E-state index in [1.54, 1.807) is 31.2 Å². The van der Waals surface area contributed by atoms with Crippen LogP contribution in [0.25, 0.3) is 0 Å². The van der Waals surface area contributed by atoms with Crippen LogP contribution in [0.15, 0.2) is 48.5 Å². The van der Waals surface area contributed by atoms with Gasteiger partial charge in [0.1, 0.15) is 10.7 Å². The van der Waals surface area contributed by atoms with Gasteiger partial charge in [-0.05, 0) is 38.5 Å². The number of rotatable bonds is 7. The van der Waals surface area contributed by atoms with Crippen LogP contribution in [0.5, 0.6) is 0 Å². The summed E-state index contributed by atoms with van der Waals surface area (Å²) >= 11 is 6.36. The molecule has 0 saturated heterocycles. The minimum atomic E-state index is -0.731. The van der Waals surface area contributed by atoms with Crippen LogP contribution in [0.3, 0.4) is 0 Å². The van der Waals surface area contributed by atoms with E-state index < -0.39 is 18.5 Å². The van der Waals surface area contributed by atoms with Crippen LogP contribution < -0.4 is 5.32 Å². The predicted octanol–water partition coefficient (Wildman–Crippen LogP) is 4.20. The predicted molar refractivity (Wildman–Crippen MR) is 118 cm³/mol. The van der Waals surface area contributed by atoms with Gasteiger partial charge >= 0.3 is 5.97 Å². The van der Waals surface area contributed by atoms with Gasteiger partial charge in [-0.25, -0.2) is 9.48 Å². The number of aromatic nitrogens is 2. The van der Waals surface area contributed by atoms with E-state index in [9.17, 15) is 14.4 Å². The number of hydrogen-bond acceptors (Lipinski definition) is 5. The molecule has 1 aromatic heterocycles. The number of esters is 1. The number of carbonyl (C=O) groups excluding carboxylic acids is 3. The standard InChI is InChI=1S/C23H22ClN3O4/c1-14-7-9-17(10-8-14)12-27-22(24)21(15(2)26-27)23(30)31-13-20(29)25-19-6-4-5-18(11-19)16(3)28/h4-11H,12-13H2,1-3H3,(H,25,29). The number of benzene rings is 2. The molecule has 1 N–H and O–H groups in total. The Morgan fingerprint density at radius 2 is 1.81 bits per heavy atom. The van der Waals surface area contributed by atoms with Crippen molar-refractivity contribution in [3.63, 3.8) is 0 Å². The van der Waals surface area contributed by atoms with Crippen LogP contribution in [-0.4, -0.2) is 34.0 Å². The molecule has 0 radical (unpaired) electrons. The second kappa shape index (κ2) is 9.57. The molecule has 0 aliphatic rings. The highest BCUT2D eigenvalue weighted by Gasteiger charge is 2.22. The third-order valence-corrected chi connectivity index (χ3v) is 4.99. The maximum Gasteiger partial charge on any atom is 0.343 e. The largest absolute Gasteiger partial charge is 0.452 e. The Hall–Kier alpha value is -3.45. The first-order chi connectivity index (χ1) is 14.7. The molecule has 7 nitrogen and oxygen atoms in total. The molecule has 0 aliphatic carbocycles. The van der Waals surface area contributed by atoms with Crippen LogP contribution in [0.1, 0.15) is 44.5 Å². The third kappa shape index (κ3) is 5.58. The highest BCUT2D eigenvalue weighted by atomic mass is 35.5. The minimum Gasteiger partial charge on any atom is -0.452 e. The molecule has 0 unspecified atom stereocenters. The molecule has 3 rings (SSSR count). The molecule has 2 aromatic carbocycles. The number of hydrogen-bond donors (Lipinski definition) is 1. The molecule has 0 spiro atoms. The summed E-state index contributed by atoms with van der Waals surface area (Å²) in [5.41, 5.74) is 3.58. The van der Waals surface area contributed by atoms with E-state index in [1.807, 2.05) is 31.2 Å². The van der Waals surface area contributed by atoms with E-state index >= 15 is 0 Å². The fourth-order valence-electron chi connectivity index (χ4n) is 2.97. The number of ketones is 1. The molecule has 160 valence electrons. The summed E-state index contributed by atoms with van der Waals surface area (Å²) in [6, 6.07) is 14.4. The summed E-state index contributed by atoms with van der Waals surface area (Å²) in [7, 11) is 0. The lowest BCUT2D eigenvalue weighted by Gasteiger charge is -2.08. The second-order valence-electron chi connectivity index (χ2n) is 7.16. The Kier molecular flexibility index (Phi) is 6.87. The molecule has 1 amide bonds. The lowest BCUT2D eigenvalue weighted by molar-refractivity contribution is -0.119. The molecule has 8 heteroatoms. The highest BCUT2D eigenvalue weighted by Crippen LogP contribution is 2.22. The Morgan fingerprint density at radius 3 is 2.48 bits per heavy atom. The van der Waals surface area contributed by atoms with Crippen molar-refractivity contribution in [2.75, 3.05) is 11.9 Å². The van der Waals surface area contributed by atoms with Crippen LogP contribution in [-0.2, 0) is 16.1 Å². The summed E-state index contributed by atoms with van der Waals surface area (Å²) < 4.78 is 6.64. The number of amides is 1. The Labute approximate surface area is 185 Å². The first kappa shape index (κ1) is 22.2. The van der Waals surface area contributed by atoms with Crippen molar-refractivity contribution < 1.29 is 19.1 Å². The lowest BCUT2D eigenvalue weighted by Crippen LogP contribution is -2.21. The zero-order chi connectivity index (χ0) is 22.5. The number of nitrogens with one attached hydrogen (secondary N) is 1. The Balaban J connectivity index is 1.63. The number of Topliss-reactive ketones (excluding diaryl/α,β-unsaturated/α-hetero) is 1. The van der Waals surface area contributed by atoms with E-state index in [4.69, 9.17) is 16.3 Å². The van der Waals surface area contributed by atoms with Gasteiger partial charge in [0, 0.05) is 11.3 Å². The van der Waals surface area contributed by atoms with E-state index in [-0.39, 0.29) is 16.5 Å². The van der Waals surface area contributed by atoms with Crippen LogP contribution in [0.4, 0.5) is 5.69 Å². The maximum atomic E-state index is 12.5. The molecule has 0 bridgehead atoms. The van der Waals surface area contributed by atoms with E-state index in [0.717, 1.165) is 11.1 Å². The zero-order valence-electron chi connectivity index (χ0n) is 17.4. The number of carbonyl (C=O) groups is 3. The number of nitrogens with zero attached hydrogens (tertiary/aromatic N) is 2. The van der Waals surface area contributed by atoms with E-state index in [2.05, 4.69) is 10.4 Å². The summed E-state index contributed by atoms with van der Waals surface area (Å²) in [5.74, 6) is -1.38. The van der Waals surface area contributed by atoms with Gasteiger partial charge < -0.3 is 10.1 Å². The maximum absolute atomic E-state index is 12.5. The summed E-state index contributed by atoms with van der Waals surface area (Å²) in [4.78, 5) is 36.1. The van der Waals surface area contributed by atoms with Crippen molar-refractivity contribution >= 4 is 34.9 Å². The van der Waals surface area contributed by atoms with Crippen molar-refractivity contribution in [3.8, 4) is 0 Å². The molecular weight excluding hydrogens is 418 g/mol. The molecular formula is C23H22ClN3O4. The van der Waals surface area contributed by atoms with Gasteiger partial charge in [0.25, 0.3) is 5.91 Å². The second-order valence-corrected chi connectivity index (χ2v) is 7.51. The summed E-state index contributed by atoms with van der Waals surface area (Å²) in [6.45, 7) is 5.00. The van der Waals surface area contributed by atoms with Gasteiger partial charge in [-0.2, -0.15) is 5.10 Å². The molecule has 31 heavy (non-hydrogen) atoms. The van der Waals surface area contributed by atoms with Gasteiger partial charge in [-0.15, -0.1) is 0 Å². The number of halogens is 1. The van der Waals surface area contributed by atoms with Crippen molar-refractivity contribution in [2.45, 2.75) is 27.3 Å². The molecule has 3 aromatic rings. The topological polar surface area (TPSA) is 90.3 Å². The van der Waals surface area contributed by atoms with Gasteiger partial charge in [0.05, 0.1) is 12.2 Å². The molecule has 0 fully saturated rings. The fraction of sp³-hybridized carbons (Fsp3) is 0.217. The zero-order valence-corrected chi connectivity index (χ0v) is 18.2. The van der Waals surface area contributed by atoms with Gasteiger partial charge in [-0.1, -0.05) is 53.6 Å². The normalized spacial score (nSPS) is 10.6. The highest BCUT2D eigenvalue weighted by molar-refractivity contribution is 6.32. The third-order valence-electron chi connectivity index (χ3n) is 4.61. The first-order valence-corrected chi connectivity index (χ1v) is 9.99. The van der Waals surface area contributed by atoms with Crippen molar-refractivity contribution in [2.24, 2.45) is 0 Å². The van der Waals surface area contributed by atoms with Gasteiger partial charge in [0.2, 0.25) is 0 Å². The average Bonchev–Trinajstić information content (AvgIpc) is 3.01. The van der Waals surface area contributed by atoms with E-state index in [1.165, 1.54) is 11.6 Å². The Morgan fingerprint density at radius 1 is 1.10 bits per heavy atom. The van der Waals surface area contributed by atoms with Crippen molar-refractivity contribution in [3.05, 3.63) is 81.6 Å². The molecule has 0 saturated carbocycles. The van der Waals surface area contributed by atoms with Crippen LogP contribution >= 0.6 is 11.6 Å². The SMILES string of the molecule is CC(=O)c1cccc(NC(=O)COC(=O)c2c(C)nn(Cc3ccc(C)cc3)c2Cl)c1. The molecule has 0 aliphatic heterocycles. The van der Waals surface area contributed by atoms with Gasteiger partial charge in [0.15, 0.2) is 12.4 Å². The molecule has 1 heterocycles. The first-order valence-electron chi connectivity index (χ1n) is 9.61. The minimum absolute atomic E-state index is 0.115. The Bertz CT molecular complexity index is 1140. The average molecular weight is 440 g/mol. The van der Waals surface area contributed by atoms with Crippen molar-refractivity contribution in [1.82, 2.24) is 9.78 Å². The smallest absolute Gasteiger partial charge is 0.343 e. The summed E-state index contributed by atoms with van der Waals surface area (Å²) in [6.07, 6.45) is 0. The lowest BCUT2D eigenvalue weighted by atomic mass is 10.1. The van der Waals surface area contributed by atoms with Gasteiger partial charge in [-0.3, -0.25) is 9.59 Å². The number of aryl methyl sites for hydroxylation is 2. The van der Waals surface area contributed by atoms with Crippen LogP contribution in [0.2, 0.25) is 5.15 Å². The monoisotopic (exact) mass is 439 g/mol. The fourth-order valence-corrected chi connectivity index (χ4v) is 3.28. The number of ether oxygens (including phenoxy) is 1. The number of anilines is 1. The molecule has 0 atom stereocenters. The summed E-state index contributed by atoms with van der Waals surface area (Å²) in [5, 5.41) is 7.07. The van der Waals surface area contributed by atoms with Crippen LogP contribution in [0, 0.1) is 13.8 Å². The quantitative estimate of drug-likeness (QED) is 0.440.